The lowest BCUT2D eigenvalue weighted by Gasteiger charge is -2.15. The van der Waals surface area contributed by atoms with Gasteiger partial charge in [0.15, 0.2) is 0 Å². The molecule has 0 saturated carbocycles. The van der Waals surface area contributed by atoms with Crippen LogP contribution in [0.25, 0.3) is 0 Å². The third-order valence-electron chi connectivity index (χ3n) is 1.97. The Morgan fingerprint density at radius 3 is 2.71 bits per heavy atom. The largest absolute Gasteiger partial charge is 0.344 e. The quantitative estimate of drug-likeness (QED) is 0.731. The predicted octanol–water partition coefficient (Wildman–Crippen LogP) is 1.71. The summed E-state index contributed by atoms with van der Waals surface area (Å²) in [6, 6.07) is 6.12. The maximum Gasteiger partial charge on any atom is 0.247 e. The van der Waals surface area contributed by atoms with Crippen LogP contribution in [0.4, 0.5) is 5.69 Å². The molecule has 0 fully saturated rings. The van der Waals surface area contributed by atoms with E-state index in [-0.39, 0.29) is 17.6 Å². The molecule has 0 bridgehead atoms. The number of halogens is 1. The molecule has 1 aromatic carbocycles. The molecule has 0 aromatic heterocycles. The maximum atomic E-state index is 11.8. The van der Waals surface area contributed by atoms with E-state index in [1.807, 2.05) is 0 Å². The first-order valence-electron chi connectivity index (χ1n) is 4.97. The second-order valence-corrected chi connectivity index (χ2v) is 4.24. The van der Waals surface area contributed by atoms with E-state index < -0.39 is 6.04 Å². The summed E-state index contributed by atoms with van der Waals surface area (Å²) in [6.45, 7) is 1.35. The molecule has 4 nitrogen and oxygen atoms in total. The summed E-state index contributed by atoms with van der Waals surface area (Å²) in [6.07, 6.45) is 0. The summed E-state index contributed by atoms with van der Waals surface area (Å²) in [5.41, 5.74) is 0.583. The predicted molar refractivity (Wildman–Crippen MR) is 71.5 cm³/mol. The van der Waals surface area contributed by atoms with Crippen molar-refractivity contribution in [3.8, 4) is 0 Å². The Kier molecular flexibility index (Phi) is 5.31. The zero-order chi connectivity index (χ0) is 12.8. The highest BCUT2D eigenvalue weighted by molar-refractivity contribution is 7.80. The van der Waals surface area contributed by atoms with E-state index in [9.17, 15) is 9.59 Å². The van der Waals surface area contributed by atoms with Crippen LogP contribution >= 0.6 is 24.2 Å². The van der Waals surface area contributed by atoms with Crippen molar-refractivity contribution in [1.29, 1.82) is 0 Å². The molecule has 1 rings (SSSR count). The average molecular weight is 273 g/mol. The van der Waals surface area contributed by atoms with Crippen molar-refractivity contribution in [3.05, 3.63) is 29.3 Å². The van der Waals surface area contributed by atoms with E-state index in [0.717, 1.165) is 0 Å². The fourth-order valence-corrected chi connectivity index (χ4v) is 1.68. The van der Waals surface area contributed by atoms with Crippen LogP contribution in [0, 0.1) is 0 Å². The van der Waals surface area contributed by atoms with E-state index in [1.54, 1.807) is 24.3 Å². The third-order valence-corrected chi connectivity index (χ3v) is 2.57. The molecule has 2 amide bonds. The summed E-state index contributed by atoms with van der Waals surface area (Å²) in [5, 5.41) is 5.69. The zero-order valence-electron chi connectivity index (χ0n) is 9.24. The second kappa shape index (κ2) is 6.51. The summed E-state index contributed by atoms with van der Waals surface area (Å²) in [5.74, 6) is -0.367. The Morgan fingerprint density at radius 2 is 2.18 bits per heavy atom. The number of nitrogens with one attached hydrogen (secondary N) is 2. The van der Waals surface area contributed by atoms with Gasteiger partial charge in [0.1, 0.15) is 6.04 Å². The molecule has 0 aliphatic carbocycles. The number of benzene rings is 1. The van der Waals surface area contributed by atoms with Crippen LogP contribution in [0.15, 0.2) is 24.3 Å². The molecule has 1 unspecified atom stereocenters. The van der Waals surface area contributed by atoms with Crippen molar-refractivity contribution in [1.82, 2.24) is 5.32 Å². The molecule has 0 aliphatic heterocycles. The fraction of sp³-hybridized carbons (Fsp3) is 0.273. The lowest BCUT2D eigenvalue weighted by atomic mass is 10.2. The molecule has 1 aromatic rings. The van der Waals surface area contributed by atoms with Gasteiger partial charge in [0.25, 0.3) is 0 Å². The number of rotatable bonds is 4. The van der Waals surface area contributed by atoms with Gasteiger partial charge in [-0.15, -0.1) is 0 Å². The van der Waals surface area contributed by atoms with E-state index in [2.05, 4.69) is 23.3 Å². The van der Waals surface area contributed by atoms with Crippen LogP contribution in [0.1, 0.15) is 6.92 Å². The van der Waals surface area contributed by atoms with Crippen molar-refractivity contribution in [2.24, 2.45) is 0 Å². The van der Waals surface area contributed by atoms with Crippen molar-refractivity contribution < 1.29 is 9.59 Å². The van der Waals surface area contributed by atoms with Gasteiger partial charge in [0, 0.05) is 23.4 Å². The molecular formula is C11H13ClN2O2S. The Hall–Kier alpha value is -1.20. The van der Waals surface area contributed by atoms with Gasteiger partial charge in [-0.2, -0.15) is 12.6 Å². The van der Waals surface area contributed by atoms with E-state index in [0.29, 0.717) is 10.7 Å². The van der Waals surface area contributed by atoms with Crippen LogP contribution < -0.4 is 10.6 Å². The lowest BCUT2D eigenvalue weighted by molar-refractivity contribution is -0.124. The molecular weight excluding hydrogens is 260 g/mol. The van der Waals surface area contributed by atoms with Crippen molar-refractivity contribution in [2.45, 2.75) is 13.0 Å². The van der Waals surface area contributed by atoms with Crippen LogP contribution in [0.3, 0.4) is 0 Å². The minimum atomic E-state index is -0.658. The van der Waals surface area contributed by atoms with Gasteiger partial charge in [-0.1, -0.05) is 17.7 Å². The lowest BCUT2D eigenvalue weighted by Crippen LogP contribution is -2.44. The van der Waals surface area contributed by atoms with Crippen molar-refractivity contribution in [3.63, 3.8) is 0 Å². The van der Waals surface area contributed by atoms with Crippen LogP contribution in [0.2, 0.25) is 5.02 Å². The maximum absolute atomic E-state index is 11.8. The fourth-order valence-electron chi connectivity index (χ4n) is 1.24. The second-order valence-electron chi connectivity index (χ2n) is 3.44. The Labute approximate surface area is 110 Å². The molecule has 6 heteroatoms. The van der Waals surface area contributed by atoms with E-state index >= 15 is 0 Å². The van der Waals surface area contributed by atoms with Crippen LogP contribution in [-0.2, 0) is 9.59 Å². The number of amides is 2. The van der Waals surface area contributed by atoms with Gasteiger partial charge in [0.05, 0.1) is 0 Å². The number of anilines is 1. The Balaban J connectivity index is 2.67. The number of hydrogen-bond acceptors (Lipinski definition) is 3. The van der Waals surface area contributed by atoms with Crippen LogP contribution in [-0.4, -0.2) is 23.6 Å². The van der Waals surface area contributed by atoms with Gasteiger partial charge in [-0.3, -0.25) is 9.59 Å². The van der Waals surface area contributed by atoms with E-state index in [1.165, 1.54) is 6.92 Å². The van der Waals surface area contributed by atoms with Gasteiger partial charge < -0.3 is 10.6 Å². The van der Waals surface area contributed by atoms with Crippen molar-refractivity contribution in [2.75, 3.05) is 11.1 Å². The first kappa shape index (κ1) is 13.9. The number of hydrogen-bond donors (Lipinski definition) is 3. The molecule has 0 radical (unpaired) electrons. The summed E-state index contributed by atoms with van der Waals surface area (Å²) >= 11 is 9.80. The molecule has 1 atom stereocenters. The van der Waals surface area contributed by atoms with Gasteiger partial charge in [-0.05, 0) is 18.2 Å². The third kappa shape index (κ3) is 4.66. The highest BCUT2D eigenvalue weighted by Gasteiger charge is 2.17. The standard InChI is InChI=1S/C11H13ClN2O2S/c1-7(15)13-10(6-17)11(16)14-9-4-2-3-8(12)5-9/h2-5,10,17H,6H2,1H3,(H,13,15)(H,14,16). The first-order chi connectivity index (χ1) is 8.02. The molecule has 2 N–H and O–H groups in total. The topological polar surface area (TPSA) is 58.2 Å². The zero-order valence-corrected chi connectivity index (χ0v) is 10.9. The molecule has 0 heterocycles. The molecule has 0 spiro atoms. The van der Waals surface area contributed by atoms with E-state index in [4.69, 9.17) is 11.6 Å². The molecule has 0 aliphatic rings. The minimum Gasteiger partial charge on any atom is -0.344 e. The summed E-state index contributed by atoms with van der Waals surface area (Å²) in [7, 11) is 0. The highest BCUT2D eigenvalue weighted by Crippen LogP contribution is 2.15. The molecule has 17 heavy (non-hydrogen) atoms. The van der Waals surface area contributed by atoms with Gasteiger partial charge in [0.2, 0.25) is 11.8 Å². The molecule has 92 valence electrons. The number of carbonyl (C=O) groups is 2. The van der Waals surface area contributed by atoms with Gasteiger partial charge >= 0.3 is 0 Å². The smallest absolute Gasteiger partial charge is 0.247 e. The summed E-state index contributed by atoms with van der Waals surface area (Å²) in [4.78, 5) is 22.7. The Bertz CT molecular complexity index is 426. The van der Waals surface area contributed by atoms with Gasteiger partial charge in [-0.25, -0.2) is 0 Å². The molecule has 0 saturated heterocycles. The first-order valence-corrected chi connectivity index (χ1v) is 5.98. The Morgan fingerprint density at radius 1 is 1.47 bits per heavy atom. The summed E-state index contributed by atoms with van der Waals surface area (Å²) < 4.78 is 0. The number of thiol groups is 1. The highest BCUT2D eigenvalue weighted by atomic mass is 35.5. The SMILES string of the molecule is CC(=O)NC(CS)C(=O)Nc1cccc(Cl)c1. The minimum absolute atomic E-state index is 0.228. The number of carbonyl (C=O) groups excluding carboxylic acids is 2. The van der Waals surface area contributed by atoms with Crippen LogP contribution in [0.5, 0.6) is 0 Å². The normalized spacial score (nSPS) is 11.7. The van der Waals surface area contributed by atoms with Crippen molar-refractivity contribution >= 4 is 41.7 Å². The average Bonchev–Trinajstić information content (AvgIpc) is 2.25. The monoisotopic (exact) mass is 272 g/mol.